The molecule has 2 atom stereocenters. The molecule has 3 rings (SSSR count). The lowest BCUT2D eigenvalue weighted by molar-refractivity contribution is -0.164. The molecule has 32 heavy (non-hydrogen) atoms. The van der Waals surface area contributed by atoms with Crippen LogP contribution in [0.3, 0.4) is 0 Å². The summed E-state index contributed by atoms with van der Waals surface area (Å²) in [6.45, 7) is 14.1. The van der Waals surface area contributed by atoms with Crippen molar-refractivity contribution in [1.82, 2.24) is 9.88 Å². The van der Waals surface area contributed by atoms with E-state index in [1.807, 2.05) is 24.3 Å². The molecule has 0 saturated carbocycles. The Bertz CT molecular complexity index is 1060. The predicted octanol–water partition coefficient (Wildman–Crippen LogP) is 4.72. The van der Waals surface area contributed by atoms with Crippen LogP contribution in [0.25, 0.3) is 10.9 Å². The Morgan fingerprint density at radius 1 is 1.03 bits per heavy atom. The van der Waals surface area contributed by atoms with E-state index >= 15 is 0 Å². The highest BCUT2D eigenvalue weighted by Crippen LogP contribution is 2.41. The Hall–Kier alpha value is -2.83. The third kappa shape index (κ3) is 4.38. The molecule has 0 fully saturated rings. The van der Waals surface area contributed by atoms with E-state index in [9.17, 15) is 14.4 Å². The van der Waals surface area contributed by atoms with E-state index < -0.39 is 40.5 Å². The Labute approximate surface area is 189 Å². The molecule has 0 bridgehead atoms. The SMILES string of the molecule is C[C@H](C(=O)OC(C)(C)C)C(=O)[C@]1(C)c2[nH]c3ccccc3c2CCN1C(=O)OC(C)(C)C. The summed E-state index contributed by atoms with van der Waals surface area (Å²) in [7, 11) is 0. The number of fused-ring (bicyclic) bond motifs is 3. The van der Waals surface area contributed by atoms with Gasteiger partial charge in [-0.15, -0.1) is 0 Å². The van der Waals surface area contributed by atoms with Gasteiger partial charge in [0.25, 0.3) is 0 Å². The van der Waals surface area contributed by atoms with Crippen LogP contribution in [0.1, 0.15) is 66.6 Å². The quantitative estimate of drug-likeness (QED) is 0.549. The van der Waals surface area contributed by atoms with Gasteiger partial charge in [0.05, 0.1) is 5.69 Å². The van der Waals surface area contributed by atoms with Crippen molar-refractivity contribution in [2.45, 2.75) is 78.6 Å². The first kappa shape index (κ1) is 23.8. The zero-order chi connectivity index (χ0) is 24.1. The summed E-state index contributed by atoms with van der Waals surface area (Å²) in [5.41, 5.74) is -0.378. The van der Waals surface area contributed by atoms with Crippen LogP contribution in [0.5, 0.6) is 0 Å². The molecule has 0 saturated heterocycles. The van der Waals surface area contributed by atoms with E-state index in [-0.39, 0.29) is 0 Å². The number of ether oxygens (including phenoxy) is 2. The molecular formula is C25H34N2O5. The smallest absolute Gasteiger partial charge is 0.411 e. The highest BCUT2D eigenvalue weighted by Gasteiger charge is 2.52. The van der Waals surface area contributed by atoms with E-state index in [4.69, 9.17) is 9.47 Å². The number of hydrogen-bond acceptors (Lipinski definition) is 5. The maximum atomic E-state index is 13.9. The van der Waals surface area contributed by atoms with E-state index in [1.165, 1.54) is 11.8 Å². The number of ketones is 1. The van der Waals surface area contributed by atoms with Gasteiger partial charge in [-0.2, -0.15) is 0 Å². The maximum absolute atomic E-state index is 13.9. The number of carbonyl (C=O) groups excluding carboxylic acids is 3. The van der Waals surface area contributed by atoms with Crippen LogP contribution < -0.4 is 0 Å². The molecule has 1 aromatic carbocycles. The molecule has 1 amide bonds. The second kappa shape index (κ2) is 7.94. The second-order valence-electron chi connectivity index (χ2n) is 10.6. The highest BCUT2D eigenvalue weighted by atomic mass is 16.6. The minimum absolute atomic E-state index is 0.299. The number of benzene rings is 1. The molecule has 0 spiro atoms. The number of amides is 1. The average Bonchev–Trinajstić information content (AvgIpc) is 3.04. The van der Waals surface area contributed by atoms with Gasteiger partial charge in [-0.3, -0.25) is 14.5 Å². The van der Waals surface area contributed by atoms with Crippen molar-refractivity contribution >= 4 is 28.7 Å². The first-order valence-corrected chi connectivity index (χ1v) is 11.0. The summed E-state index contributed by atoms with van der Waals surface area (Å²) in [6, 6.07) is 7.79. The van der Waals surface area contributed by atoms with Crippen LogP contribution in [-0.2, 0) is 31.0 Å². The van der Waals surface area contributed by atoms with Crippen LogP contribution in [0.4, 0.5) is 4.79 Å². The van der Waals surface area contributed by atoms with Gasteiger partial charge < -0.3 is 14.5 Å². The molecular weight excluding hydrogens is 408 g/mol. The number of nitrogens with zero attached hydrogens (tertiary/aromatic N) is 1. The number of hydrogen-bond donors (Lipinski definition) is 1. The highest BCUT2D eigenvalue weighted by molar-refractivity contribution is 6.06. The summed E-state index contributed by atoms with van der Waals surface area (Å²) >= 11 is 0. The summed E-state index contributed by atoms with van der Waals surface area (Å²) in [5.74, 6) is -2.09. The number of Topliss-reactive ketones (excluding diaryl/α,β-unsaturated/α-hetero) is 1. The molecule has 1 aromatic heterocycles. The number of rotatable bonds is 3. The van der Waals surface area contributed by atoms with Crippen molar-refractivity contribution < 1.29 is 23.9 Å². The fourth-order valence-corrected chi connectivity index (χ4v) is 4.22. The van der Waals surface area contributed by atoms with E-state index in [0.717, 1.165) is 16.5 Å². The largest absolute Gasteiger partial charge is 0.459 e. The number of aromatic amines is 1. The van der Waals surface area contributed by atoms with E-state index in [1.54, 1.807) is 48.5 Å². The van der Waals surface area contributed by atoms with Crippen LogP contribution >= 0.6 is 0 Å². The average molecular weight is 443 g/mol. The molecule has 7 heteroatoms. The molecule has 0 unspecified atom stereocenters. The second-order valence-corrected chi connectivity index (χ2v) is 10.6. The van der Waals surface area contributed by atoms with Crippen LogP contribution in [0, 0.1) is 5.92 Å². The third-order valence-corrected chi connectivity index (χ3v) is 5.67. The lowest BCUT2D eigenvalue weighted by atomic mass is 9.79. The fourth-order valence-electron chi connectivity index (χ4n) is 4.22. The molecule has 2 heterocycles. The standard InChI is InChI=1S/C25H34N2O5/c1-15(21(29)31-23(2,3)4)20(28)25(8)19-17(16-11-9-10-12-18(16)26-19)13-14-27(25)22(30)32-24(5,6)7/h9-12,15,26H,13-14H2,1-8H3/t15-,25-/m0/s1. The van der Waals surface area contributed by atoms with Gasteiger partial charge in [-0.1, -0.05) is 18.2 Å². The number of carbonyl (C=O) groups is 3. The van der Waals surface area contributed by atoms with Crippen molar-refractivity contribution in [2.75, 3.05) is 6.54 Å². The first-order valence-electron chi connectivity index (χ1n) is 11.0. The van der Waals surface area contributed by atoms with Gasteiger partial charge in [0, 0.05) is 17.4 Å². The molecule has 0 radical (unpaired) electrons. The number of nitrogens with one attached hydrogen (secondary N) is 1. The lowest BCUT2D eigenvalue weighted by Crippen LogP contribution is -2.59. The first-order chi connectivity index (χ1) is 14.6. The number of H-pyrrole nitrogens is 1. The van der Waals surface area contributed by atoms with Crippen LogP contribution in [0.2, 0.25) is 0 Å². The Kier molecular flexibility index (Phi) is 5.91. The lowest BCUT2D eigenvalue weighted by Gasteiger charge is -2.44. The number of para-hydroxylation sites is 1. The summed E-state index contributed by atoms with van der Waals surface area (Å²) in [4.78, 5) is 44.7. The Morgan fingerprint density at radius 2 is 1.62 bits per heavy atom. The molecule has 1 aliphatic heterocycles. The van der Waals surface area contributed by atoms with Gasteiger partial charge in [0.2, 0.25) is 0 Å². The maximum Gasteiger partial charge on any atom is 0.411 e. The molecule has 1 aliphatic rings. The minimum Gasteiger partial charge on any atom is -0.459 e. The molecule has 1 N–H and O–H groups in total. The molecule has 0 aliphatic carbocycles. The fraction of sp³-hybridized carbons (Fsp3) is 0.560. The van der Waals surface area contributed by atoms with Crippen molar-refractivity contribution in [1.29, 1.82) is 0 Å². The molecule has 2 aromatic rings. The number of esters is 1. The normalized spacial score (nSPS) is 19.9. The molecule has 174 valence electrons. The summed E-state index contributed by atoms with van der Waals surface area (Å²) in [6.07, 6.45) is -0.0171. The van der Waals surface area contributed by atoms with Crippen molar-refractivity contribution in [3.63, 3.8) is 0 Å². The van der Waals surface area contributed by atoms with Crippen molar-refractivity contribution in [3.8, 4) is 0 Å². The zero-order valence-corrected chi connectivity index (χ0v) is 20.3. The Morgan fingerprint density at radius 3 is 2.22 bits per heavy atom. The van der Waals surface area contributed by atoms with E-state index in [0.29, 0.717) is 18.7 Å². The van der Waals surface area contributed by atoms with Gasteiger partial charge >= 0.3 is 12.1 Å². The third-order valence-electron chi connectivity index (χ3n) is 5.67. The van der Waals surface area contributed by atoms with Crippen molar-refractivity contribution in [3.05, 3.63) is 35.5 Å². The zero-order valence-electron chi connectivity index (χ0n) is 20.3. The molecule has 7 nitrogen and oxygen atoms in total. The monoisotopic (exact) mass is 442 g/mol. The number of aromatic nitrogens is 1. The van der Waals surface area contributed by atoms with Gasteiger partial charge in [-0.05, 0) is 73.4 Å². The van der Waals surface area contributed by atoms with Gasteiger partial charge in [-0.25, -0.2) is 4.79 Å². The predicted molar refractivity (Wildman–Crippen MR) is 122 cm³/mol. The van der Waals surface area contributed by atoms with Gasteiger partial charge in [0.1, 0.15) is 22.7 Å². The van der Waals surface area contributed by atoms with Crippen molar-refractivity contribution in [2.24, 2.45) is 5.92 Å². The summed E-state index contributed by atoms with van der Waals surface area (Å²) in [5, 5.41) is 1.01. The summed E-state index contributed by atoms with van der Waals surface area (Å²) < 4.78 is 11.1. The topological polar surface area (TPSA) is 88.7 Å². The Balaban J connectivity index is 2.12. The minimum atomic E-state index is -1.41. The van der Waals surface area contributed by atoms with Crippen LogP contribution in [-0.4, -0.2) is 45.5 Å². The van der Waals surface area contributed by atoms with E-state index in [2.05, 4.69) is 4.98 Å². The van der Waals surface area contributed by atoms with Gasteiger partial charge in [0.15, 0.2) is 5.78 Å². The van der Waals surface area contributed by atoms with Crippen LogP contribution in [0.15, 0.2) is 24.3 Å².